The topological polar surface area (TPSA) is 118 Å². The number of nitrogens with zero attached hydrogens (tertiary/aromatic N) is 2. The lowest BCUT2D eigenvalue weighted by molar-refractivity contribution is -0.385. The fraction of sp³-hybridized carbons (Fsp3) is 0.500. The maximum atomic E-state index is 12.0. The van der Waals surface area contributed by atoms with Gasteiger partial charge in [0.2, 0.25) is 0 Å². The molecule has 0 unspecified atom stereocenters. The van der Waals surface area contributed by atoms with Crippen LogP contribution in [0, 0.1) is 10.1 Å². The van der Waals surface area contributed by atoms with Gasteiger partial charge in [-0.2, -0.15) is 0 Å². The zero-order valence-electron chi connectivity index (χ0n) is 14.0. The van der Waals surface area contributed by atoms with Gasteiger partial charge >= 0.3 is 5.97 Å². The molecule has 0 spiro atoms. The number of nitro benzene ring substituents is 1. The first kappa shape index (κ1) is 23.8. The lowest BCUT2D eigenvalue weighted by Crippen LogP contribution is -2.29. The molecule has 0 aromatic heterocycles. The van der Waals surface area contributed by atoms with Crippen LogP contribution in [0.1, 0.15) is 24.2 Å². The molecular weight excluding hydrogens is 484 g/mol. The van der Waals surface area contributed by atoms with Crippen molar-refractivity contribution in [1.82, 2.24) is 0 Å². The van der Waals surface area contributed by atoms with E-state index in [4.69, 9.17) is 0 Å². The highest BCUT2D eigenvalue weighted by Crippen LogP contribution is 2.33. The first-order chi connectivity index (χ1) is 11.6. The molecule has 0 heterocycles. The number of carbonyl (C=O) groups is 1. The van der Waals surface area contributed by atoms with Crippen molar-refractivity contribution in [3.63, 3.8) is 0 Å². The van der Waals surface area contributed by atoms with Gasteiger partial charge in [-0.3, -0.25) is 10.1 Å². The number of sulfone groups is 1. The van der Waals surface area contributed by atoms with Crippen molar-refractivity contribution >= 4 is 59.0 Å². The quantitative estimate of drug-likeness (QED) is 0.328. The summed E-state index contributed by atoms with van der Waals surface area (Å²) in [6, 6.07) is 1.85. The molecule has 1 rings (SSSR count). The second-order valence-corrected chi connectivity index (χ2v) is 8.11. The molecule has 1 N–H and O–H groups in total. The second kappa shape index (κ2) is 10.7. The molecule has 11 heteroatoms. The van der Waals surface area contributed by atoms with Crippen molar-refractivity contribution in [2.45, 2.75) is 18.7 Å². The van der Waals surface area contributed by atoms with Crippen LogP contribution in [0.25, 0.3) is 0 Å². The Morgan fingerprint density at radius 2 is 1.72 bits per heavy atom. The summed E-state index contributed by atoms with van der Waals surface area (Å²) in [6.45, 7) is 4.82. The highest BCUT2D eigenvalue weighted by atomic mass is 79.9. The minimum Gasteiger partial charge on any atom is -0.477 e. The third kappa shape index (κ3) is 6.55. The van der Waals surface area contributed by atoms with Crippen LogP contribution in [0.5, 0.6) is 0 Å². The van der Waals surface area contributed by atoms with E-state index >= 15 is 0 Å². The molecule has 142 valence electrons. The van der Waals surface area contributed by atoms with Gasteiger partial charge in [-0.1, -0.05) is 45.7 Å². The van der Waals surface area contributed by atoms with E-state index in [1.54, 1.807) is 4.90 Å². The Kier molecular flexibility index (Phi) is 10.2. The number of rotatable bonds is 8. The number of carboxylic acid groups (broad SMARTS) is 1. The maximum absolute atomic E-state index is 12.0. The molecule has 0 radical (unpaired) electrons. The second-order valence-electron chi connectivity index (χ2n) is 4.54. The average molecular weight is 504 g/mol. The van der Waals surface area contributed by atoms with Crippen molar-refractivity contribution < 1.29 is 23.2 Å². The number of halogens is 2. The number of hydrogen-bond donors (Lipinski definition) is 1. The van der Waals surface area contributed by atoms with Crippen molar-refractivity contribution in [2.24, 2.45) is 0 Å². The van der Waals surface area contributed by atoms with Crippen LogP contribution in [-0.2, 0) is 9.84 Å². The standard InChI is InChI=1S/C12H14Br2N2O6S.C2H6/c1-23(21,22)11-7-9(16(19)20)8(12(17)18)6-10(11)15(4-2-13)5-3-14;1-2/h6-7H,2-5H2,1H3,(H,17,18);1-2H3. The van der Waals surface area contributed by atoms with Gasteiger partial charge in [-0.15, -0.1) is 0 Å². The lowest BCUT2D eigenvalue weighted by Gasteiger charge is -2.25. The smallest absolute Gasteiger partial charge is 0.342 e. The van der Waals surface area contributed by atoms with E-state index in [-0.39, 0.29) is 10.6 Å². The Labute approximate surface area is 163 Å². The fourth-order valence-electron chi connectivity index (χ4n) is 1.98. The largest absolute Gasteiger partial charge is 0.477 e. The monoisotopic (exact) mass is 502 g/mol. The first-order valence-corrected chi connectivity index (χ1v) is 11.4. The molecule has 25 heavy (non-hydrogen) atoms. The van der Waals surface area contributed by atoms with Gasteiger partial charge in [0.1, 0.15) is 5.56 Å². The van der Waals surface area contributed by atoms with Crippen LogP contribution < -0.4 is 4.90 Å². The summed E-state index contributed by atoms with van der Waals surface area (Å²) in [5.74, 6) is -1.49. The van der Waals surface area contributed by atoms with E-state index in [1.807, 2.05) is 13.8 Å². The number of anilines is 1. The molecule has 0 bridgehead atoms. The van der Waals surface area contributed by atoms with Gasteiger partial charge in [0.05, 0.1) is 15.5 Å². The molecule has 0 atom stereocenters. The lowest BCUT2D eigenvalue weighted by atomic mass is 10.1. The summed E-state index contributed by atoms with van der Waals surface area (Å²) in [7, 11) is -3.78. The summed E-state index contributed by atoms with van der Waals surface area (Å²) in [4.78, 5) is 22.8. The minimum absolute atomic E-state index is 0.134. The Morgan fingerprint density at radius 3 is 2.04 bits per heavy atom. The number of aromatic carboxylic acids is 1. The van der Waals surface area contributed by atoms with Crippen LogP contribution in [-0.4, -0.2) is 54.4 Å². The number of nitro groups is 1. The van der Waals surface area contributed by atoms with Gasteiger partial charge in [0.15, 0.2) is 9.84 Å². The molecule has 8 nitrogen and oxygen atoms in total. The van der Waals surface area contributed by atoms with Crippen molar-refractivity contribution in [2.75, 3.05) is 34.9 Å². The van der Waals surface area contributed by atoms with Gasteiger partial charge in [0.25, 0.3) is 5.69 Å². The third-order valence-electron chi connectivity index (χ3n) is 2.95. The molecule has 0 aliphatic heterocycles. The predicted octanol–water partition coefficient (Wildman–Crippen LogP) is 3.32. The summed E-state index contributed by atoms with van der Waals surface area (Å²) in [5.41, 5.74) is -1.17. The van der Waals surface area contributed by atoms with Crippen LogP contribution in [0.15, 0.2) is 17.0 Å². The first-order valence-electron chi connectivity index (χ1n) is 7.26. The third-order valence-corrected chi connectivity index (χ3v) is 4.79. The van der Waals surface area contributed by atoms with E-state index in [2.05, 4.69) is 31.9 Å². The van der Waals surface area contributed by atoms with Gasteiger partial charge in [-0.05, 0) is 6.07 Å². The zero-order valence-corrected chi connectivity index (χ0v) is 18.0. The average Bonchev–Trinajstić information content (AvgIpc) is 2.54. The van der Waals surface area contributed by atoms with Crippen LogP contribution in [0.4, 0.5) is 11.4 Å². The summed E-state index contributed by atoms with van der Waals surface area (Å²) in [5, 5.41) is 21.3. The fourth-order valence-corrected chi connectivity index (χ4v) is 3.73. The molecule has 0 amide bonds. The van der Waals surface area contributed by atoms with Crippen LogP contribution in [0.3, 0.4) is 0 Å². The van der Waals surface area contributed by atoms with E-state index in [0.29, 0.717) is 23.7 Å². The van der Waals surface area contributed by atoms with E-state index < -0.39 is 32.0 Å². The molecule has 1 aromatic rings. The summed E-state index contributed by atoms with van der Waals surface area (Å²) in [6.07, 6.45) is 0.927. The molecule has 1 aromatic carbocycles. The van der Waals surface area contributed by atoms with Gasteiger partial charge in [-0.25, -0.2) is 13.2 Å². The SMILES string of the molecule is CC.CS(=O)(=O)c1cc([N+](=O)[O-])c(C(=O)O)cc1N(CCBr)CCBr. The van der Waals surface area contributed by atoms with Crippen molar-refractivity contribution in [3.8, 4) is 0 Å². The molecular formula is C14H20Br2N2O6S. The Balaban J connectivity index is 0.00000277. The van der Waals surface area contributed by atoms with E-state index in [9.17, 15) is 28.4 Å². The van der Waals surface area contributed by atoms with Crippen LogP contribution >= 0.6 is 31.9 Å². The maximum Gasteiger partial charge on any atom is 0.342 e. The highest BCUT2D eigenvalue weighted by Gasteiger charge is 2.28. The number of alkyl halides is 2. The predicted molar refractivity (Wildman–Crippen MR) is 104 cm³/mol. The number of hydrogen-bond acceptors (Lipinski definition) is 6. The van der Waals surface area contributed by atoms with Crippen LogP contribution in [0.2, 0.25) is 0 Å². The number of benzene rings is 1. The van der Waals surface area contributed by atoms with E-state index in [0.717, 1.165) is 18.4 Å². The Hall–Kier alpha value is -1.20. The normalized spacial score (nSPS) is 10.6. The molecule has 0 saturated heterocycles. The molecule has 0 aliphatic carbocycles. The van der Waals surface area contributed by atoms with Crippen molar-refractivity contribution in [3.05, 3.63) is 27.8 Å². The van der Waals surface area contributed by atoms with E-state index in [1.165, 1.54) is 0 Å². The molecule has 0 aliphatic rings. The summed E-state index contributed by atoms with van der Waals surface area (Å²) < 4.78 is 24.0. The van der Waals surface area contributed by atoms with Gasteiger partial charge < -0.3 is 10.0 Å². The minimum atomic E-state index is -3.78. The Morgan fingerprint density at radius 1 is 1.24 bits per heavy atom. The Bertz CT molecular complexity index is 718. The molecule has 0 saturated carbocycles. The van der Waals surface area contributed by atoms with Crippen molar-refractivity contribution in [1.29, 1.82) is 0 Å². The molecule has 0 fully saturated rings. The highest BCUT2D eigenvalue weighted by molar-refractivity contribution is 9.09. The summed E-state index contributed by atoms with van der Waals surface area (Å²) >= 11 is 6.49. The van der Waals surface area contributed by atoms with Gasteiger partial charge in [0, 0.05) is 36.1 Å². The number of carboxylic acids is 1. The zero-order chi connectivity index (χ0) is 19.8.